The highest BCUT2D eigenvalue weighted by Crippen LogP contribution is 2.25. The number of carbonyl (C=O) groups excluding carboxylic acids is 1. The van der Waals surface area contributed by atoms with E-state index in [1.807, 2.05) is 30.3 Å². The fourth-order valence-electron chi connectivity index (χ4n) is 1.32. The Kier molecular flexibility index (Phi) is 3.96. The van der Waals surface area contributed by atoms with E-state index in [2.05, 4.69) is 10.3 Å². The predicted molar refractivity (Wildman–Crippen MR) is 67.3 cm³/mol. The largest absolute Gasteiger partial charge is 0.795 e. The van der Waals surface area contributed by atoms with E-state index in [9.17, 15) is 19.1 Å². The Morgan fingerprint density at radius 1 is 1.26 bits per heavy atom. The van der Waals surface area contributed by atoms with Crippen LogP contribution in [0.5, 0.6) is 0 Å². The van der Waals surface area contributed by atoms with E-state index < -0.39 is 13.8 Å². The van der Waals surface area contributed by atoms with Gasteiger partial charge < -0.3 is 19.4 Å². The van der Waals surface area contributed by atoms with E-state index in [-0.39, 0.29) is 5.13 Å². The van der Waals surface area contributed by atoms with Gasteiger partial charge in [-0.1, -0.05) is 30.3 Å². The van der Waals surface area contributed by atoms with Gasteiger partial charge in [-0.25, -0.2) is 9.78 Å². The van der Waals surface area contributed by atoms with Crippen molar-refractivity contribution in [2.45, 2.75) is 0 Å². The number of amides is 2. The summed E-state index contributed by atoms with van der Waals surface area (Å²) in [4.78, 5) is 35.9. The quantitative estimate of drug-likeness (QED) is 0.811. The van der Waals surface area contributed by atoms with Crippen molar-refractivity contribution in [1.82, 2.24) is 10.1 Å². The summed E-state index contributed by atoms with van der Waals surface area (Å²) in [6.45, 7) is 0. The van der Waals surface area contributed by atoms with E-state index in [0.29, 0.717) is 5.69 Å². The highest BCUT2D eigenvalue weighted by atomic mass is 32.1. The molecular weight excluding hydrogens is 289 g/mol. The van der Waals surface area contributed by atoms with Crippen molar-refractivity contribution in [3.05, 3.63) is 35.7 Å². The molecule has 2 rings (SSSR count). The maximum atomic E-state index is 11.1. The van der Waals surface area contributed by atoms with Crippen molar-refractivity contribution in [2.75, 3.05) is 5.32 Å². The van der Waals surface area contributed by atoms with Crippen LogP contribution in [0.4, 0.5) is 9.93 Å². The molecule has 2 N–H and O–H groups in total. The third kappa shape index (κ3) is 4.15. The number of anilines is 1. The Morgan fingerprint density at radius 3 is 2.58 bits per heavy atom. The molecule has 0 aliphatic rings. The van der Waals surface area contributed by atoms with Crippen LogP contribution in [-0.2, 0) is 4.57 Å². The van der Waals surface area contributed by atoms with Gasteiger partial charge in [-0.15, -0.1) is 11.3 Å². The third-order valence-electron chi connectivity index (χ3n) is 2.03. The molecule has 100 valence electrons. The first-order valence-corrected chi connectivity index (χ1v) is 7.48. The van der Waals surface area contributed by atoms with Crippen molar-refractivity contribution in [2.24, 2.45) is 0 Å². The smallest absolute Gasteiger partial charge is 0.324 e. The third-order valence-corrected chi connectivity index (χ3v) is 3.27. The predicted octanol–water partition coefficient (Wildman–Crippen LogP) is 0.760. The Labute approximate surface area is 112 Å². The van der Waals surface area contributed by atoms with Crippen LogP contribution in [0.2, 0.25) is 0 Å². The molecule has 7 nitrogen and oxygen atoms in total. The summed E-state index contributed by atoms with van der Waals surface area (Å²) in [5.74, 6) is 0. The molecule has 0 saturated heterocycles. The Hall–Kier alpha value is -1.73. The van der Waals surface area contributed by atoms with Crippen LogP contribution in [0.3, 0.4) is 0 Å². The molecule has 9 heteroatoms. The molecule has 0 fully saturated rings. The minimum Gasteiger partial charge on any atom is -0.795 e. The summed E-state index contributed by atoms with van der Waals surface area (Å²) in [5, 5.41) is 5.36. The number of aromatic nitrogens is 1. The molecule has 19 heavy (non-hydrogen) atoms. The first-order valence-electron chi connectivity index (χ1n) is 5.06. The molecule has 0 unspecified atom stereocenters. The molecule has 0 spiro atoms. The number of benzene rings is 1. The first-order chi connectivity index (χ1) is 8.94. The number of urea groups is 1. The van der Waals surface area contributed by atoms with Gasteiger partial charge in [-0.3, -0.25) is 5.32 Å². The van der Waals surface area contributed by atoms with Crippen molar-refractivity contribution < 1.29 is 19.1 Å². The zero-order chi connectivity index (χ0) is 13.9. The standard InChI is InChI=1S/C10H10N3O4PS/c14-9(13-18(15,16)17)12-10-11-8(6-19-10)7-4-2-1-3-5-7/h1-6H,(H4,11,12,13,14,15,16,17)/p-2. The molecule has 0 bridgehead atoms. The Balaban J connectivity index is 2.06. The van der Waals surface area contributed by atoms with Gasteiger partial charge in [0.2, 0.25) is 0 Å². The lowest BCUT2D eigenvalue weighted by Crippen LogP contribution is -2.35. The maximum Gasteiger partial charge on any atom is 0.324 e. The Morgan fingerprint density at radius 2 is 1.95 bits per heavy atom. The molecule has 0 radical (unpaired) electrons. The van der Waals surface area contributed by atoms with Crippen LogP contribution in [-0.4, -0.2) is 11.0 Å². The van der Waals surface area contributed by atoms with Gasteiger partial charge in [0.1, 0.15) is 0 Å². The zero-order valence-electron chi connectivity index (χ0n) is 9.40. The van der Waals surface area contributed by atoms with Crippen LogP contribution in [0, 0.1) is 0 Å². The van der Waals surface area contributed by atoms with Crippen LogP contribution in [0.15, 0.2) is 35.7 Å². The minimum absolute atomic E-state index is 0.199. The zero-order valence-corrected chi connectivity index (χ0v) is 11.1. The molecule has 0 aliphatic carbocycles. The van der Waals surface area contributed by atoms with Crippen LogP contribution in [0.25, 0.3) is 11.3 Å². The topological polar surface area (TPSA) is 117 Å². The van der Waals surface area contributed by atoms with E-state index in [0.717, 1.165) is 16.9 Å². The lowest BCUT2D eigenvalue weighted by molar-refractivity contribution is -0.316. The van der Waals surface area contributed by atoms with Crippen LogP contribution in [0.1, 0.15) is 0 Å². The van der Waals surface area contributed by atoms with E-state index in [1.165, 1.54) is 5.09 Å². The summed E-state index contributed by atoms with van der Waals surface area (Å²) in [5.41, 5.74) is 1.51. The minimum atomic E-state index is -5.10. The van der Waals surface area contributed by atoms with Gasteiger partial charge >= 0.3 is 6.03 Å². The number of hydrogen-bond acceptors (Lipinski definition) is 6. The summed E-state index contributed by atoms with van der Waals surface area (Å²) in [6, 6.07) is 8.13. The molecule has 2 aromatic rings. The van der Waals surface area contributed by atoms with Crippen LogP contribution >= 0.6 is 19.1 Å². The van der Waals surface area contributed by atoms with Gasteiger partial charge in [0.15, 0.2) is 5.13 Å². The number of nitrogens with zero attached hydrogens (tertiary/aromatic N) is 1. The Bertz CT molecular complexity index is 625. The molecule has 1 aromatic heterocycles. The second-order valence-electron chi connectivity index (χ2n) is 3.47. The highest BCUT2D eigenvalue weighted by molar-refractivity contribution is 7.47. The fraction of sp³-hybridized carbons (Fsp3) is 0. The van der Waals surface area contributed by atoms with Gasteiger partial charge in [0.05, 0.1) is 5.69 Å². The number of hydrogen-bond donors (Lipinski definition) is 2. The van der Waals surface area contributed by atoms with Gasteiger partial charge in [0.25, 0.3) is 0 Å². The summed E-state index contributed by atoms with van der Waals surface area (Å²) >= 11 is 1.12. The molecule has 0 saturated carbocycles. The number of nitrogens with one attached hydrogen (secondary N) is 2. The lowest BCUT2D eigenvalue weighted by atomic mass is 10.2. The molecule has 1 aromatic carbocycles. The summed E-state index contributed by atoms with van der Waals surface area (Å²) in [6.07, 6.45) is 0. The lowest BCUT2D eigenvalue weighted by Gasteiger charge is -2.29. The van der Waals surface area contributed by atoms with Crippen molar-refractivity contribution >= 4 is 30.2 Å². The first kappa shape index (κ1) is 13.7. The monoisotopic (exact) mass is 297 g/mol. The molecule has 1 heterocycles. The number of thiazole rings is 1. The van der Waals surface area contributed by atoms with E-state index in [4.69, 9.17) is 0 Å². The molecule has 0 atom stereocenters. The number of rotatable bonds is 3. The van der Waals surface area contributed by atoms with Crippen molar-refractivity contribution in [3.63, 3.8) is 0 Å². The normalized spacial score (nSPS) is 11.1. The average Bonchev–Trinajstić information content (AvgIpc) is 2.76. The average molecular weight is 297 g/mol. The maximum absolute atomic E-state index is 11.1. The second kappa shape index (κ2) is 5.50. The molecule has 2 amide bonds. The van der Waals surface area contributed by atoms with Crippen molar-refractivity contribution in [1.29, 1.82) is 0 Å². The SMILES string of the molecule is O=C(Nc1nc(-c2ccccc2)cs1)NP(=O)([O-])[O-]. The van der Waals surface area contributed by atoms with E-state index >= 15 is 0 Å². The number of carbonyl (C=O) groups is 1. The van der Waals surface area contributed by atoms with Crippen molar-refractivity contribution in [3.8, 4) is 11.3 Å². The second-order valence-corrected chi connectivity index (χ2v) is 5.54. The fourth-order valence-corrected chi connectivity index (χ4v) is 2.34. The highest BCUT2D eigenvalue weighted by Gasteiger charge is 2.08. The summed E-state index contributed by atoms with van der Waals surface area (Å²) in [7, 11) is -5.10. The van der Waals surface area contributed by atoms with Gasteiger partial charge in [-0.2, -0.15) is 0 Å². The van der Waals surface area contributed by atoms with Gasteiger partial charge in [-0.05, 0) is 0 Å². The molecular formula is C10H8N3O4PS-2. The van der Waals surface area contributed by atoms with Gasteiger partial charge in [0, 0.05) is 18.7 Å². The van der Waals surface area contributed by atoms with E-state index in [1.54, 1.807) is 5.38 Å². The molecule has 0 aliphatic heterocycles. The summed E-state index contributed by atoms with van der Waals surface area (Å²) < 4.78 is 10.3. The van der Waals surface area contributed by atoms with Crippen LogP contribution < -0.4 is 20.2 Å².